The van der Waals surface area contributed by atoms with Crippen molar-refractivity contribution in [2.45, 2.75) is 33.2 Å². The van der Waals surface area contributed by atoms with Gasteiger partial charge in [-0.1, -0.05) is 32.0 Å². The quantitative estimate of drug-likeness (QED) is 0.721. The topological polar surface area (TPSA) is 30.7 Å². The van der Waals surface area contributed by atoms with E-state index in [1.807, 2.05) is 4.68 Å². The van der Waals surface area contributed by atoms with Crippen molar-refractivity contribution in [3.05, 3.63) is 46.0 Å². The number of thiazole rings is 1. The number of hydrogen-bond acceptors (Lipinski definition) is 3. The Labute approximate surface area is 116 Å². The molecular formula is C15H17N3S. The first kappa shape index (κ1) is 12.4. The molecule has 3 nitrogen and oxygen atoms in total. The van der Waals surface area contributed by atoms with Crippen molar-refractivity contribution in [1.29, 1.82) is 0 Å². The first-order valence-electron chi connectivity index (χ1n) is 6.51. The third kappa shape index (κ3) is 2.28. The van der Waals surface area contributed by atoms with Crippen LogP contribution in [-0.2, 0) is 6.54 Å². The Hall–Kier alpha value is -1.68. The molecule has 2 heterocycles. The second kappa shape index (κ2) is 4.78. The molecule has 3 rings (SSSR count). The second-order valence-corrected chi connectivity index (χ2v) is 5.98. The van der Waals surface area contributed by atoms with Crippen molar-refractivity contribution in [3.63, 3.8) is 0 Å². The molecule has 0 aliphatic heterocycles. The van der Waals surface area contributed by atoms with Crippen LogP contribution in [0, 0.1) is 6.92 Å². The molecule has 0 radical (unpaired) electrons. The molecule has 0 fully saturated rings. The van der Waals surface area contributed by atoms with Gasteiger partial charge in [-0.05, 0) is 13.0 Å². The molecule has 0 bridgehead atoms. The van der Waals surface area contributed by atoms with Gasteiger partial charge in [0.05, 0.1) is 28.5 Å². The fourth-order valence-electron chi connectivity index (χ4n) is 2.23. The van der Waals surface area contributed by atoms with Crippen LogP contribution in [0.15, 0.2) is 29.6 Å². The summed E-state index contributed by atoms with van der Waals surface area (Å²) in [5, 5.41) is 9.18. The van der Waals surface area contributed by atoms with Crippen molar-refractivity contribution >= 4 is 22.2 Å². The van der Waals surface area contributed by atoms with Crippen LogP contribution < -0.4 is 0 Å². The van der Waals surface area contributed by atoms with Crippen molar-refractivity contribution in [2.24, 2.45) is 0 Å². The number of aromatic nitrogens is 3. The lowest BCUT2D eigenvalue weighted by atomic mass is 10.2. The van der Waals surface area contributed by atoms with Crippen LogP contribution in [-0.4, -0.2) is 14.8 Å². The Morgan fingerprint density at radius 1 is 1.26 bits per heavy atom. The molecule has 0 saturated heterocycles. The fraction of sp³-hybridized carbons (Fsp3) is 0.333. The van der Waals surface area contributed by atoms with Crippen LogP contribution in [0.4, 0.5) is 0 Å². The monoisotopic (exact) mass is 271 g/mol. The normalized spacial score (nSPS) is 11.6. The van der Waals surface area contributed by atoms with Gasteiger partial charge in [0.25, 0.3) is 0 Å². The zero-order chi connectivity index (χ0) is 13.4. The predicted octanol–water partition coefficient (Wildman–Crippen LogP) is 3.97. The maximum atomic E-state index is 4.68. The molecule has 1 aromatic carbocycles. The van der Waals surface area contributed by atoms with Gasteiger partial charge in [-0.2, -0.15) is 5.10 Å². The van der Waals surface area contributed by atoms with E-state index in [1.165, 1.54) is 15.9 Å². The van der Waals surface area contributed by atoms with Gasteiger partial charge in [0, 0.05) is 16.7 Å². The summed E-state index contributed by atoms with van der Waals surface area (Å²) in [5.74, 6) is 0.495. The number of para-hydroxylation sites is 1. The molecule has 2 aromatic heterocycles. The van der Waals surface area contributed by atoms with E-state index in [9.17, 15) is 0 Å². The molecule has 0 unspecified atom stereocenters. The highest BCUT2D eigenvalue weighted by Gasteiger charge is 2.10. The summed E-state index contributed by atoms with van der Waals surface area (Å²) in [7, 11) is 0. The molecule has 98 valence electrons. The highest BCUT2D eigenvalue weighted by atomic mass is 32.1. The van der Waals surface area contributed by atoms with E-state index < -0.39 is 0 Å². The van der Waals surface area contributed by atoms with E-state index >= 15 is 0 Å². The fourth-order valence-corrected chi connectivity index (χ4v) is 3.05. The molecule has 4 heteroatoms. The number of hydrogen-bond donors (Lipinski definition) is 0. The van der Waals surface area contributed by atoms with Gasteiger partial charge >= 0.3 is 0 Å². The zero-order valence-corrected chi connectivity index (χ0v) is 12.2. The molecule has 0 amide bonds. The van der Waals surface area contributed by atoms with Gasteiger partial charge in [-0.3, -0.25) is 4.68 Å². The van der Waals surface area contributed by atoms with Crippen LogP contribution in [0.2, 0.25) is 0 Å². The average molecular weight is 271 g/mol. The first-order chi connectivity index (χ1) is 9.15. The van der Waals surface area contributed by atoms with Crippen LogP contribution in [0.3, 0.4) is 0 Å². The standard InChI is InChI=1S/C15H17N3S/c1-10(2)15-16-12(9-19-15)8-18-14-7-5-4-6-13(14)11(3)17-18/h4-7,9-10H,8H2,1-3H3. The molecular weight excluding hydrogens is 254 g/mol. The minimum atomic E-state index is 0.495. The summed E-state index contributed by atoms with van der Waals surface area (Å²) in [5.41, 5.74) is 3.36. The van der Waals surface area contributed by atoms with Gasteiger partial charge < -0.3 is 0 Å². The Morgan fingerprint density at radius 3 is 2.79 bits per heavy atom. The third-order valence-electron chi connectivity index (χ3n) is 3.22. The SMILES string of the molecule is Cc1nn(Cc2csc(C(C)C)n2)c2ccccc12. The molecule has 0 atom stereocenters. The van der Waals surface area contributed by atoms with E-state index in [2.05, 4.69) is 60.5 Å². The van der Waals surface area contributed by atoms with E-state index in [-0.39, 0.29) is 0 Å². The number of nitrogens with zero attached hydrogens (tertiary/aromatic N) is 3. The molecule has 0 saturated carbocycles. The summed E-state index contributed by atoms with van der Waals surface area (Å²) in [4.78, 5) is 4.68. The van der Waals surface area contributed by atoms with E-state index in [4.69, 9.17) is 0 Å². The van der Waals surface area contributed by atoms with Crippen LogP contribution in [0.1, 0.15) is 36.2 Å². The minimum Gasteiger partial charge on any atom is -0.259 e. The number of aryl methyl sites for hydroxylation is 1. The number of rotatable bonds is 3. The Kier molecular flexibility index (Phi) is 3.11. The average Bonchev–Trinajstić information content (AvgIpc) is 2.97. The largest absolute Gasteiger partial charge is 0.259 e. The van der Waals surface area contributed by atoms with Crippen molar-refractivity contribution in [1.82, 2.24) is 14.8 Å². The van der Waals surface area contributed by atoms with E-state index in [0.717, 1.165) is 17.9 Å². The predicted molar refractivity (Wildman–Crippen MR) is 79.8 cm³/mol. The molecule has 3 aromatic rings. The number of benzene rings is 1. The molecule has 0 aliphatic rings. The van der Waals surface area contributed by atoms with Crippen molar-refractivity contribution in [2.75, 3.05) is 0 Å². The second-order valence-electron chi connectivity index (χ2n) is 5.09. The molecule has 19 heavy (non-hydrogen) atoms. The van der Waals surface area contributed by atoms with Crippen LogP contribution >= 0.6 is 11.3 Å². The van der Waals surface area contributed by atoms with Crippen LogP contribution in [0.25, 0.3) is 10.9 Å². The smallest absolute Gasteiger partial charge is 0.0954 e. The lowest BCUT2D eigenvalue weighted by molar-refractivity contribution is 0.687. The van der Waals surface area contributed by atoms with E-state index in [0.29, 0.717) is 5.92 Å². The van der Waals surface area contributed by atoms with Crippen LogP contribution in [0.5, 0.6) is 0 Å². The van der Waals surface area contributed by atoms with Gasteiger partial charge in [0.2, 0.25) is 0 Å². The number of fused-ring (bicyclic) bond motifs is 1. The maximum Gasteiger partial charge on any atom is 0.0954 e. The maximum absolute atomic E-state index is 4.68. The first-order valence-corrected chi connectivity index (χ1v) is 7.39. The summed E-state index contributed by atoms with van der Waals surface area (Å²) in [6.45, 7) is 7.16. The Balaban J connectivity index is 1.96. The Bertz CT molecular complexity index is 709. The van der Waals surface area contributed by atoms with Gasteiger partial charge in [0.15, 0.2) is 0 Å². The summed E-state index contributed by atoms with van der Waals surface area (Å²) in [6.07, 6.45) is 0. The molecule has 0 N–H and O–H groups in total. The summed E-state index contributed by atoms with van der Waals surface area (Å²) < 4.78 is 2.05. The highest BCUT2D eigenvalue weighted by Crippen LogP contribution is 2.22. The molecule has 0 spiro atoms. The van der Waals surface area contributed by atoms with Gasteiger partial charge in [0.1, 0.15) is 0 Å². The lowest BCUT2D eigenvalue weighted by Gasteiger charge is -2.01. The third-order valence-corrected chi connectivity index (χ3v) is 4.41. The summed E-state index contributed by atoms with van der Waals surface area (Å²) in [6, 6.07) is 8.35. The van der Waals surface area contributed by atoms with Crippen molar-refractivity contribution in [3.8, 4) is 0 Å². The van der Waals surface area contributed by atoms with Gasteiger partial charge in [-0.15, -0.1) is 11.3 Å². The summed E-state index contributed by atoms with van der Waals surface area (Å²) >= 11 is 1.74. The van der Waals surface area contributed by atoms with E-state index in [1.54, 1.807) is 11.3 Å². The van der Waals surface area contributed by atoms with Crippen molar-refractivity contribution < 1.29 is 0 Å². The Morgan fingerprint density at radius 2 is 2.05 bits per heavy atom. The molecule has 0 aliphatic carbocycles. The minimum absolute atomic E-state index is 0.495. The van der Waals surface area contributed by atoms with Gasteiger partial charge in [-0.25, -0.2) is 4.98 Å². The zero-order valence-electron chi connectivity index (χ0n) is 11.4. The lowest BCUT2D eigenvalue weighted by Crippen LogP contribution is -2.02. The highest BCUT2D eigenvalue weighted by molar-refractivity contribution is 7.09.